The summed E-state index contributed by atoms with van der Waals surface area (Å²) in [5, 5.41) is 12.0. The molecule has 3 rings (SSSR count). The number of nitrogens with one attached hydrogen (secondary N) is 1. The number of amides is 1. The molecule has 2 aromatic carbocycles. The largest absolute Gasteiger partial charge is 0.488 e. The average Bonchev–Trinajstić information content (AvgIpc) is 3.45. The topological polar surface area (TPSA) is 75.6 Å². The second kappa shape index (κ2) is 7.83. The van der Waals surface area contributed by atoms with Crippen molar-refractivity contribution in [2.45, 2.75) is 25.6 Å². The van der Waals surface area contributed by atoms with E-state index in [1.807, 2.05) is 0 Å². The van der Waals surface area contributed by atoms with Gasteiger partial charge in [0, 0.05) is 5.92 Å². The summed E-state index contributed by atoms with van der Waals surface area (Å²) in [6.07, 6.45) is -2.87. The summed E-state index contributed by atoms with van der Waals surface area (Å²) in [5.74, 6) is -1.29. The fourth-order valence-electron chi connectivity index (χ4n) is 2.50. The maximum atomic E-state index is 12.7. The fourth-order valence-corrected chi connectivity index (χ4v) is 3.00. The van der Waals surface area contributed by atoms with E-state index in [9.17, 15) is 27.9 Å². The van der Waals surface area contributed by atoms with E-state index < -0.39 is 17.7 Å². The molecule has 9 heteroatoms. The average molecular weight is 458 g/mol. The minimum absolute atomic E-state index is 0.0545. The maximum absolute atomic E-state index is 12.7. The number of carbonyl (C=O) groups is 2. The molecule has 148 valence electrons. The fraction of sp³-hybridized carbons (Fsp3) is 0.263. The summed E-state index contributed by atoms with van der Waals surface area (Å²) in [6, 6.07) is 7.43. The molecule has 0 saturated heterocycles. The second-order valence-electron chi connectivity index (χ2n) is 6.38. The van der Waals surface area contributed by atoms with Gasteiger partial charge in [-0.05, 0) is 64.7 Å². The Balaban J connectivity index is 1.73. The number of anilines is 1. The van der Waals surface area contributed by atoms with Gasteiger partial charge in [-0.2, -0.15) is 13.2 Å². The van der Waals surface area contributed by atoms with Crippen molar-refractivity contribution in [2.75, 3.05) is 5.32 Å². The predicted octanol–water partition coefficient (Wildman–Crippen LogP) is 5.09. The summed E-state index contributed by atoms with van der Waals surface area (Å²) in [5.41, 5.74) is -0.199. The molecule has 1 saturated carbocycles. The molecule has 0 radical (unpaired) electrons. The van der Waals surface area contributed by atoms with Crippen molar-refractivity contribution < 1.29 is 32.6 Å². The molecule has 0 aromatic heterocycles. The van der Waals surface area contributed by atoms with Gasteiger partial charge < -0.3 is 15.2 Å². The van der Waals surface area contributed by atoms with E-state index in [1.165, 1.54) is 18.2 Å². The van der Waals surface area contributed by atoms with Crippen molar-refractivity contribution in [3.05, 3.63) is 57.6 Å². The van der Waals surface area contributed by atoms with Crippen LogP contribution in [-0.4, -0.2) is 17.0 Å². The van der Waals surface area contributed by atoms with Gasteiger partial charge in [-0.15, -0.1) is 0 Å². The van der Waals surface area contributed by atoms with Crippen LogP contribution in [0.4, 0.5) is 18.9 Å². The molecule has 0 heterocycles. The predicted molar refractivity (Wildman–Crippen MR) is 98.2 cm³/mol. The molecule has 0 unspecified atom stereocenters. The molecule has 5 nitrogen and oxygen atoms in total. The molecular weight excluding hydrogens is 443 g/mol. The van der Waals surface area contributed by atoms with E-state index in [0.717, 1.165) is 25.0 Å². The van der Waals surface area contributed by atoms with Crippen LogP contribution in [0.3, 0.4) is 0 Å². The van der Waals surface area contributed by atoms with Crippen LogP contribution in [0.15, 0.2) is 40.9 Å². The van der Waals surface area contributed by atoms with Gasteiger partial charge in [0.2, 0.25) is 5.91 Å². The van der Waals surface area contributed by atoms with Crippen LogP contribution >= 0.6 is 15.9 Å². The quantitative estimate of drug-likeness (QED) is 0.632. The number of benzene rings is 2. The highest BCUT2D eigenvalue weighted by atomic mass is 79.9. The van der Waals surface area contributed by atoms with Crippen LogP contribution in [-0.2, 0) is 17.6 Å². The normalized spacial score (nSPS) is 13.9. The Morgan fingerprint density at radius 3 is 2.46 bits per heavy atom. The van der Waals surface area contributed by atoms with E-state index in [2.05, 4.69) is 21.2 Å². The van der Waals surface area contributed by atoms with E-state index in [-0.39, 0.29) is 39.9 Å². The highest BCUT2D eigenvalue weighted by Crippen LogP contribution is 2.35. The highest BCUT2D eigenvalue weighted by Gasteiger charge is 2.31. The van der Waals surface area contributed by atoms with Gasteiger partial charge in [-0.25, -0.2) is 4.79 Å². The van der Waals surface area contributed by atoms with Crippen molar-refractivity contribution in [1.82, 2.24) is 0 Å². The number of ether oxygens (including phenoxy) is 1. The van der Waals surface area contributed by atoms with E-state index in [4.69, 9.17) is 4.74 Å². The van der Waals surface area contributed by atoms with Gasteiger partial charge in [0.15, 0.2) is 0 Å². The number of hydrogen-bond donors (Lipinski definition) is 2. The van der Waals surface area contributed by atoms with E-state index in [1.54, 1.807) is 6.07 Å². The molecule has 0 bridgehead atoms. The molecule has 0 aliphatic heterocycles. The second-order valence-corrected chi connectivity index (χ2v) is 7.23. The molecule has 1 fully saturated rings. The first-order valence-electron chi connectivity index (χ1n) is 8.32. The van der Waals surface area contributed by atoms with Crippen molar-refractivity contribution in [1.29, 1.82) is 0 Å². The monoisotopic (exact) mass is 457 g/mol. The SMILES string of the molecule is O=C(O)c1cc(COc2ccc(C(F)(F)F)cc2Br)ccc1NC(=O)C1CC1. The molecule has 1 amide bonds. The van der Waals surface area contributed by atoms with Crippen molar-refractivity contribution >= 4 is 33.5 Å². The first-order chi connectivity index (χ1) is 13.1. The number of carbonyl (C=O) groups excluding carboxylic acids is 1. The Morgan fingerprint density at radius 2 is 1.89 bits per heavy atom. The van der Waals surface area contributed by atoms with Crippen molar-refractivity contribution in [2.24, 2.45) is 5.92 Å². The lowest BCUT2D eigenvalue weighted by atomic mass is 10.1. The van der Waals surface area contributed by atoms with Gasteiger partial charge in [0.1, 0.15) is 12.4 Å². The summed E-state index contributed by atoms with van der Waals surface area (Å²) in [6.45, 7) is -0.0545. The smallest absolute Gasteiger partial charge is 0.416 e. The van der Waals surface area contributed by atoms with Crippen LogP contribution in [0.5, 0.6) is 5.75 Å². The molecule has 28 heavy (non-hydrogen) atoms. The van der Waals surface area contributed by atoms with Gasteiger partial charge >= 0.3 is 12.1 Å². The molecule has 0 spiro atoms. The lowest BCUT2D eigenvalue weighted by Gasteiger charge is -2.13. The minimum atomic E-state index is -4.46. The minimum Gasteiger partial charge on any atom is -0.488 e. The van der Waals surface area contributed by atoms with Crippen LogP contribution in [0.25, 0.3) is 0 Å². The molecule has 0 atom stereocenters. The number of carboxylic acid groups (broad SMARTS) is 1. The first kappa shape index (κ1) is 20.2. The molecule has 2 aromatic rings. The van der Waals surface area contributed by atoms with Crippen LogP contribution in [0, 0.1) is 5.92 Å². The Morgan fingerprint density at radius 1 is 1.18 bits per heavy atom. The van der Waals surface area contributed by atoms with Crippen LogP contribution < -0.4 is 10.1 Å². The van der Waals surface area contributed by atoms with Crippen LogP contribution in [0.1, 0.15) is 34.3 Å². The third-order valence-electron chi connectivity index (χ3n) is 4.17. The Kier molecular flexibility index (Phi) is 5.64. The lowest BCUT2D eigenvalue weighted by molar-refractivity contribution is -0.137. The summed E-state index contributed by atoms with van der Waals surface area (Å²) in [7, 11) is 0. The third-order valence-corrected chi connectivity index (χ3v) is 4.79. The molecule has 2 N–H and O–H groups in total. The number of carboxylic acids is 1. The summed E-state index contributed by atoms with van der Waals surface area (Å²) < 4.78 is 43.7. The number of hydrogen-bond acceptors (Lipinski definition) is 3. The number of halogens is 4. The van der Waals surface area contributed by atoms with Gasteiger partial charge in [0.05, 0.1) is 21.3 Å². The van der Waals surface area contributed by atoms with E-state index >= 15 is 0 Å². The van der Waals surface area contributed by atoms with Crippen molar-refractivity contribution in [3.8, 4) is 5.75 Å². The van der Waals surface area contributed by atoms with Crippen molar-refractivity contribution in [3.63, 3.8) is 0 Å². The number of aromatic carboxylic acids is 1. The summed E-state index contributed by atoms with van der Waals surface area (Å²) in [4.78, 5) is 23.4. The molecule has 1 aliphatic carbocycles. The zero-order chi connectivity index (χ0) is 20.5. The Hall–Kier alpha value is -2.55. The standard InChI is InChI=1S/C19H15BrF3NO4/c20-14-8-12(19(21,22)23)4-6-16(14)28-9-10-1-5-15(13(7-10)18(26)27)24-17(25)11-2-3-11/h1,4-8,11H,2-3,9H2,(H,24,25)(H,26,27). The van der Waals surface area contributed by atoms with Crippen LogP contribution in [0.2, 0.25) is 0 Å². The zero-order valence-electron chi connectivity index (χ0n) is 14.3. The first-order valence-corrected chi connectivity index (χ1v) is 9.11. The summed E-state index contributed by atoms with van der Waals surface area (Å²) >= 11 is 3.04. The van der Waals surface area contributed by atoms with Gasteiger partial charge in [0.25, 0.3) is 0 Å². The van der Waals surface area contributed by atoms with Gasteiger partial charge in [-0.1, -0.05) is 6.07 Å². The number of rotatable bonds is 6. The molecule has 1 aliphatic rings. The van der Waals surface area contributed by atoms with Gasteiger partial charge in [-0.3, -0.25) is 4.79 Å². The number of alkyl halides is 3. The Labute approximate surface area is 166 Å². The third kappa shape index (κ3) is 4.83. The lowest BCUT2D eigenvalue weighted by Crippen LogP contribution is -2.16. The van der Waals surface area contributed by atoms with E-state index in [0.29, 0.717) is 5.56 Å². The Bertz CT molecular complexity index is 926. The highest BCUT2D eigenvalue weighted by molar-refractivity contribution is 9.10. The maximum Gasteiger partial charge on any atom is 0.416 e. The zero-order valence-corrected chi connectivity index (χ0v) is 15.9. The molecular formula is C19H15BrF3NO4.